The molecule has 3 rings (SSSR count). The molecule has 0 spiro atoms. The van der Waals surface area contributed by atoms with Gasteiger partial charge in [0.25, 0.3) is 0 Å². The molecule has 0 bridgehead atoms. The second-order valence-electron chi connectivity index (χ2n) is 13.0. The Balaban J connectivity index is 2.17. The maximum atomic E-state index is 15.1. The van der Waals surface area contributed by atoms with E-state index in [2.05, 4.69) is 28.7 Å². The molecule has 0 aliphatic carbocycles. The molecule has 1 aliphatic heterocycles. The van der Waals surface area contributed by atoms with Gasteiger partial charge in [-0.25, -0.2) is 14.2 Å². The first-order valence-corrected chi connectivity index (χ1v) is 12.9. The summed E-state index contributed by atoms with van der Waals surface area (Å²) in [6, 6.07) is 1.39. The van der Waals surface area contributed by atoms with E-state index in [0.29, 0.717) is 34.7 Å². The molecule has 0 aromatic carbocycles. The fraction of sp³-hybridized carbons (Fsp3) is 0.621. The van der Waals surface area contributed by atoms with E-state index in [1.165, 1.54) is 6.07 Å². The molecule has 1 unspecified atom stereocenters. The highest BCUT2D eigenvalue weighted by atomic mass is 19.1. The number of hydrogen-bond acceptors (Lipinski definition) is 6. The van der Waals surface area contributed by atoms with Gasteiger partial charge in [0.2, 0.25) is 5.88 Å². The monoisotopic (exact) mass is 515 g/mol. The molecule has 0 radical (unpaired) electrons. The molecule has 1 atom stereocenters. The van der Waals surface area contributed by atoms with Crippen molar-refractivity contribution < 1.29 is 23.8 Å². The number of aryl methyl sites for hydroxylation is 1. The normalized spacial score (nSPS) is 17.0. The van der Waals surface area contributed by atoms with Crippen molar-refractivity contribution in [3.05, 3.63) is 35.5 Å². The van der Waals surface area contributed by atoms with Gasteiger partial charge in [0.15, 0.2) is 11.9 Å². The Kier molecular flexibility index (Phi) is 8.22. The van der Waals surface area contributed by atoms with E-state index in [4.69, 9.17) is 9.47 Å². The summed E-state index contributed by atoms with van der Waals surface area (Å²) in [5, 5.41) is 10.2. The molecular weight excluding hydrogens is 473 g/mol. The number of pyridine rings is 2. The zero-order valence-electron chi connectivity index (χ0n) is 23.7. The maximum Gasteiger partial charge on any atom is 0.337 e. The molecule has 7 nitrogen and oxygen atoms in total. The summed E-state index contributed by atoms with van der Waals surface area (Å²) < 4.78 is 26.8. The van der Waals surface area contributed by atoms with Crippen LogP contribution >= 0.6 is 0 Å². The smallest absolute Gasteiger partial charge is 0.337 e. The SMILES string of the molecule is Cc1ncc(-c2cnc(OCC(C)(C)C)c(F)c2)c(N2CCC(C)(C)CC2)c1C(OC(C)(C)C)C(=O)O. The molecule has 0 saturated carbocycles. The van der Waals surface area contributed by atoms with Crippen molar-refractivity contribution in [2.24, 2.45) is 10.8 Å². The quantitative estimate of drug-likeness (QED) is 0.446. The lowest BCUT2D eigenvalue weighted by molar-refractivity contribution is -0.160. The van der Waals surface area contributed by atoms with Crippen LogP contribution in [0.15, 0.2) is 18.5 Å². The zero-order valence-corrected chi connectivity index (χ0v) is 23.7. The first-order chi connectivity index (χ1) is 17.0. The summed E-state index contributed by atoms with van der Waals surface area (Å²) in [4.78, 5) is 23.5. The number of carboxylic acid groups (broad SMARTS) is 1. The molecule has 1 fully saturated rings. The van der Waals surface area contributed by atoms with E-state index in [1.54, 1.807) is 19.3 Å². The zero-order chi connectivity index (χ0) is 27.8. The van der Waals surface area contributed by atoms with E-state index in [0.717, 1.165) is 25.9 Å². The largest absolute Gasteiger partial charge is 0.479 e. The van der Waals surface area contributed by atoms with Crippen LogP contribution in [-0.2, 0) is 9.53 Å². The third-order valence-electron chi connectivity index (χ3n) is 6.44. The molecule has 1 saturated heterocycles. The highest BCUT2D eigenvalue weighted by Gasteiger charge is 2.36. The minimum atomic E-state index is -1.23. The van der Waals surface area contributed by atoms with Gasteiger partial charge in [-0.05, 0) is 57.4 Å². The summed E-state index contributed by atoms with van der Waals surface area (Å²) >= 11 is 0. The van der Waals surface area contributed by atoms with Gasteiger partial charge in [0, 0.05) is 47.9 Å². The number of aliphatic carboxylic acids is 1. The van der Waals surface area contributed by atoms with Gasteiger partial charge >= 0.3 is 5.97 Å². The lowest BCUT2D eigenvalue weighted by Gasteiger charge is -2.40. The van der Waals surface area contributed by atoms with Gasteiger partial charge in [-0.2, -0.15) is 0 Å². The lowest BCUT2D eigenvalue weighted by Crippen LogP contribution is -2.39. The third kappa shape index (κ3) is 7.40. The van der Waals surface area contributed by atoms with Crippen molar-refractivity contribution in [2.45, 2.75) is 86.9 Å². The van der Waals surface area contributed by atoms with Gasteiger partial charge in [-0.3, -0.25) is 4.98 Å². The molecule has 0 amide bonds. The predicted octanol–water partition coefficient (Wildman–Crippen LogP) is 6.58. The number of anilines is 1. The van der Waals surface area contributed by atoms with Gasteiger partial charge < -0.3 is 19.5 Å². The van der Waals surface area contributed by atoms with Crippen LogP contribution in [0.5, 0.6) is 5.88 Å². The Hall–Kier alpha value is -2.74. The van der Waals surface area contributed by atoms with Crippen LogP contribution in [0.1, 0.15) is 85.6 Å². The average Bonchev–Trinajstić information content (AvgIpc) is 2.75. The predicted molar refractivity (Wildman–Crippen MR) is 144 cm³/mol. The second kappa shape index (κ2) is 10.6. The molecule has 37 heavy (non-hydrogen) atoms. The number of nitrogens with zero attached hydrogens (tertiary/aromatic N) is 3. The Labute approximate surface area is 220 Å². The summed E-state index contributed by atoms with van der Waals surface area (Å²) in [7, 11) is 0. The van der Waals surface area contributed by atoms with Crippen molar-refractivity contribution >= 4 is 11.7 Å². The number of aromatic nitrogens is 2. The second-order valence-corrected chi connectivity index (χ2v) is 13.0. The van der Waals surface area contributed by atoms with Crippen LogP contribution < -0.4 is 9.64 Å². The molecule has 3 heterocycles. The van der Waals surface area contributed by atoms with Crippen molar-refractivity contribution in [2.75, 3.05) is 24.6 Å². The van der Waals surface area contributed by atoms with Crippen LogP contribution in [0.4, 0.5) is 10.1 Å². The van der Waals surface area contributed by atoms with Crippen molar-refractivity contribution in [1.29, 1.82) is 0 Å². The maximum absolute atomic E-state index is 15.1. The number of carboxylic acids is 1. The van der Waals surface area contributed by atoms with Crippen molar-refractivity contribution in [3.63, 3.8) is 0 Å². The first-order valence-electron chi connectivity index (χ1n) is 12.9. The summed E-state index contributed by atoms with van der Waals surface area (Å²) in [6.45, 7) is 19.6. The Morgan fingerprint density at radius 3 is 2.27 bits per heavy atom. The Morgan fingerprint density at radius 1 is 1.14 bits per heavy atom. The van der Waals surface area contributed by atoms with E-state index in [1.807, 2.05) is 41.5 Å². The van der Waals surface area contributed by atoms with Crippen molar-refractivity contribution in [3.8, 4) is 17.0 Å². The van der Waals surface area contributed by atoms with Crippen LogP contribution in [0.3, 0.4) is 0 Å². The molecule has 2 aromatic heterocycles. The van der Waals surface area contributed by atoms with Gasteiger partial charge in [-0.15, -0.1) is 0 Å². The number of ether oxygens (including phenoxy) is 2. The number of hydrogen-bond donors (Lipinski definition) is 1. The van der Waals surface area contributed by atoms with Gasteiger partial charge in [0.1, 0.15) is 0 Å². The highest BCUT2D eigenvalue weighted by Crippen LogP contribution is 2.43. The van der Waals surface area contributed by atoms with Crippen LogP contribution in [0.2, 0.25) is 0 Å². The van der Waals surface area contributed by atoms with Crippen LogP contribution in [-0.4, -0.2) is 46.3 Å². The Morgan fingerprint density at radius 2 is 1.76 bits per heavy atom. The number of rotatable bonds is 7. The van der Waals surface area contributed by atoms with E-state index < -0.39 is 23.5 Å². The fourth-order valence-corrected chi connectivity index (χ4v) is 4.36. The summed E-state index contributed by atoms with van der Waals surface area (Å²) in [5.74, 6) is -1.72. The molecule has 204 valence electrons. The summed E-state index contributed by atoms with van der Waals surface area (Å²) in [6.07, 6.45) is 3.89. The number of carbonyl (C=O) groups is 1. The molecular formula is C29H42FN3O4. The number of halogens is 1. The molecule has 1 N–H and O–H groups in total. The third-order valence-corrected chi connectivity index (χ3v) is 6.44. The minimum Gasteiger partial charge on any atom is -0.479 e. The first kappa shape index (κ1) is 28.8. The lowest BCUT2D eigenvalue weighted by atomic mass is 9.82. The molecule has 8 heteroatoms. The van der Waals surface area contributed by atoms with Gasteiger partial charge in [0.05, 0.1) is 17.9 Å². The topological polar surface area (TPSA) is 84.8 Å². The Bertz CT molecular complexity index is 1130. The standard InChI is InChI=1S/C29H42FN3O4/c1-18-22(24(26(34)35)37-28(5,6)7)23(33-12-10-29(8,9)11-13-33)20(16-31-18)19-14-21(30)25(32-15-19)36-17-27(2,3)4/h14-16,24H,10-13,17H2,1-9H3,(H,34,35). The van der Waals surface area contributed by atoms with Crippen LogP contribution in [0, 0.1) is 23.6 Å². The van der Waals surface area contributed by atoms with Gasteiger partial charge in [-0.1, -0.05) is 34.6 Å². The minimum absolute atomic E-state index is 0.0558. The average molecular weight is 516 g/mol. The van der Waals surface area contributed by atoms with E-state index in [-0.39, 0.29) is 16.7 Å². The number of piperidine rings is 1. The van der Waals surface area contributed by atoms with E-state index in [9.17, 15) is 9.90 Å². The van der Waals surface area contributed by atoms with Crippen LogP contribution in [0.25, 0.3) is 11.1 Å². The van der Waals surface area contributed by atoms with E-state index >= 15 is 4.39 Å². The highest BCUT2D eigenvalue weighted by molar-refractivity contribution is 5.86. The fourth-order valence-electron chi connectivity index (χ4n) is 4.36. The molecule has 1 aliphatic rings. The summed E-state index contributed by atoms with van der Waals surface area (Å²) in [5.41, 5.74) is 2.25. The molecule has 2 aromatic rings. The van der Waals surface area contributed by atoms with Crippen molar-refractivity contribution in [1.82, 2.24) is 9.97 Å².